The number of hydrogen-bond donors (Lipinski definition) is 0. The predicted molar refractivity (Wildman–Crippen MR) is 107 cm³/mol. The Morgan fingerprint density at radius 2 is 1.69 bits per heavy atom. The fourth-order valence-corrected chi connectivity index (χ4v) is 5.33. The van der Waals surface area contributed by atoms with Gasteiger partial charge >= 0.3 is 0 Å². The smallest absolute Gasteiger partial charge is 0.124 e. The minimum Gasteiger partial charge on any atom is -0.497 e. The number of aromatic nitrogens is 2. The molecule has 0 unspecified atom stereocenters. The fourth-order valence-electron chi connectivity index (χ4n) is 3.08. The minimum absolute atomic E-state index is 0.847. The SMILES string of the molecule is COc1ccc2c(c1)-c1nc(-c3ccncc3)sc1-c1ccccc1S2. The molecule has 1 aliphatic heterocycles. The Morgan fingerprint density at radius 1 is 0.885 bits per heavy atom. The van der Waals surface area contributed by atoms with Gasteiger partial charge in [-0.25, -0.2) is 4.98 Å². The van der Waals surface area contributed by atoms with Gasteiger partial charge in [-0.15, -0.1) is 11.3 Å². The van der Waals surface area contributed by atoms with Crippen LogP contribution in [-0.2, 0) is 0 Å². The van der Waals surface area contributed by atoms with Gasteiger partial charge in [-0.2, -0.15) is 0 Å². The molecule has 126 valence electrons. The van der Waals surface area contributed by atoms with Crippen LogP contribution >= 0.6 is 23.1 Å². The first-order chi connectivity index (χ1) is 12.8. The van der Waals surface area contributed by atoms with E-state index in [1.54, 1.807) is 30.2 Å². The van der Waals surface area contributed by atoms with Crippen LogP contribution in [0, 0.1) is 0 Å². The van der Waals surface area contributed by atoms with Gasteiger partial charge in [0, 0.05) is 38.9 Å². The van der Waals surface area contributed by atoms with E-state index >= 15 is 0 Å². The van der Waals surface area contributed by atoms with Crippen LogP contribution in [0.4, 0.5) is 0 Å². The highest BCUT2D eigenvalue weighted by atomic mass is 32.2. The second-order valence-electron chi connectivity index (χ2n) is 5.89. The lowest BCUT2D eigenvalue weighted by Gasteiger charge is -2.08. The number of ether oxygens (including phenoxy) is 1. The van der Waals surface area contributed by atoms with Crippen LogP contribution in [0.5, 0.6) is 5.75 Å². The number of hydrogen-bond acceptors (Lipinski definition) is 5. The van der Waals surface area contributed by atoms with Crippen molar-refractivity contribution >= 4 is 23.1 Å². The summed E-state index contributed by atoms with van der Waals surface area (Å²) in [7, 11) is 1.70. The maximum Gasteiger partial charge on any atom is 0.124 e. The van der Waals surface area contributed by atoms with Crippen LogP contribution < -0.4 is 4.74 Å². The van der Waals surface area contributed by atoms with Crippen molar-refractivity contribution in [3.63, 3.8) is 0 Å². The lowest BCUT2D eigenvalue weighted by molar-refractivity contribution is 0.414. The number of benzene rings is 2. The normalized spacial score (nSPS) is 11.9. The molecule has 3 heterocycles. The molecule has 0 atom stereocenters. The number of methoxy groups -OCH3 is 1. The molecular formula is C21H14N2OS2. The maximum atomic E-state index is 5.46. The van der Waals surface area contributed by atoms with Gasteiger partial charge in [0.15, 0.2) is 0 Å². The summed E-state index contributed by atoms with van der Waals surface area (Å²) in [5.41, 5.74) is 4.47. The number of rotatable bonds is 2. The minimum atomic E-state index is 0.847. The molecule has 4 aromatic rings. The molecule has 3 nitrogen and oxygen atoms in total. The summed E-state index contributed by atoms with van der Waals surface area (Å²) < 4.78 is 5.46. The largest absolute Gasteiger partial charge is 0.497 e. The molecule has 5 heteroatoms. The number of fused-ring (bicyclic) bond motifs is 5. The summed E-state index contributed by atoms with van der Waals surface area (Å²) in [4.78, 5) is 12.8. The Kier molecular flexibility index (Phi) is 3.76. The molecule has 0 aliphatic carbocycles. The standard InChI is InChI=1S/C21H14N2OS2/c1-24-14-6-7-18-16(12-14)19-20(15-4-2-3-5-17(15)25-18)26-21(23-19)13-8-10-22-11-9-13/h2-12H,1H3. The average Bonchev–Trinajstić information content (AvgIpc) is 3.09. The van der Waals surface area contributed by atoms with E-state index in [0.717, 1.165) is 27.6 Å². The Bertz CT molecular complexity index is 1110. The predicted octanol–water partition coefficient (Wildman–Crippen LogP) is 6.01. The van der Waals surface area contributed by atoms with Crippen LogP contribution in [0.15, 0.2) is 76.8 Å². The molecule has 26 heavy (non-hydrogen) atoms. The summed E-state index contributed by atoms with van der Waals surface area (Å²) in [6, 6.07) is 18.8. The van der Waals surface area contributed by atoms with Gasteiger partial charge in [0.2, 0.25) is 0 Å². The third-order valence-corrected chi connectivity index (χ3v) is 6.64. The molecule has 0 bridgehead atoms. The van der Waals surface area contributed by atoms with Crippen molar-refractivity contribution in [2.45, 2.75) is 9.79 Å². The summed E-state index contributed by atoms with van der Waals surface area (Å²) in [6.07, 6.45) is 3.62. The quantitative estimate of drug-likeness (QED) is 0.379. The summed E-state index contributed by atoms with van der Waals surface area (Å²) in [5, 5.41) is 1.01. The van der Waals surface area contributed by atoms with Gasteiger partial charge in [-0.1, -0.05) is 30.0 Å². The van der Waals surface area contributed by atoms with E-state index in [-0.39, 0.29) is 0 Å². The average molecular weight is 374 g/mol. The molecule has 0 radical (unpaired) electrons. The van der Waals surface area contributed by atoms with Crippen LogP contribution in [0.25, 0.3) is 32.3 Å². The zero-order chi connectivity index (χ0) is 17.5. The Balaban J connectivity index is 1.81. The fraction of sp³-hybridized carbons (Fsp3) is 0.0476. The van der Waals surface area contributed by atoms with E-state index < -0.39 is 0 Å². The molecule has 0 spiro atoms. The van der Waals surface area contributed by atoms with Gasteiger partial charge in [0.1, 0.15) is 10.8 Å². The zero-order valence-corrected chi connectivity index (χ0v) is 15.6. The highest BCUT2D eigenvalue weighted by Crippen LogP contribution is 2.51. The van der Waals surface area contributed by atoms with Crippen LogP contribution in [0.2, 0.25) is 0 Å². The molecule has 1 aliphatic rings. The molecule has 0 fully saturated rings. The molecule has 2 aromatic carbocycles. The molecule has 0 N–H and O–H groups in total. The molecular weight excluding hydrogens is 360 g/mol. The molecule has 0 saturated carbocycles. The molecule has 5 rings (SSSR count). The van der Waals surface area contributed by atoms with E-state index in [9.17, 15) is 0 Å². The summed E-state index contributed by atoms with van der Waals surface area (Å²) in [6.45, 7) is 0. The second kappa shape index (κ2) is 6.27. The van der Waals surface area contributed by atoms with E-state index in [0.29, 0.717) is 0 Å². The third kappa shape index (κ3) is 2.52. The Hall–Kier alpha value is -2.63. The van der Waals surface area contributed by atoms with Gasteiger partial charge in [-0.05, 0) is 36.4 Å². The van der Waals surface area contributed by atoms with Gasteiger partial charge in [0.05, 0.1) is 17.7 Å². The number of pyridine rings is 1. The summed E-state index contributed by atoms with van der Waals surface area (Å²) in [5.74, 6) is 0.847. The lowest BCUT2D eigenvalue weighted by atomic mass is 10.1. The highest BCUT2D eigenvalue weighted by molar-refractivity contribution is 7.99. The van der Waals surface area contributed by atoms with E-state index in [1.165, 1.54) is 20.2 Å². The van der Waals surface area contributed by atoms with Crippen molar-refractivity contribution in [2.75, 3.05) is 7.11 Å². The Morgan fingerprint density at radius 3 is 2.54 bits per heavy atom. The van der Waals surface area contributed by atoms with Crippen LogP contribution in [0.3, 0.4) is 0 Å². The van der Waals surface area contributed by atoms with Crippen LogP contribution in [0.1, 0.15) is 0 Å². The molecule has 0 saturated heterocycles. The first-order valence-electron chi connectivity index (χ1n) is 8.20. The topological polar surface area (TPSA) is 35.0 Å². The van der Waals surface area contributed by atoms with E-state index in [4.69, 9.17) is 9.72 Å². The lowest BCUT2D eigenvalue weighted by Crippen LogP contribution is -1.87. The van der Waals surface area contributed by atoms with Crippen LogP contribution in [-0.4, -0.2) is 17.1 Å². The third-order valence-electron chi connectivity index (χ3n) is 4.35. The first kappa shape index (κ1) is 15.6. The van der Waals surface area contributed by atoms with E-state index in [1.807, 2.05) is 30.6 Å². The second-order valence-corrected chi connectivity index (χ2v) is 7.98. The molecule has 2 aromatic heterocycles. The van der Waals surface area contributed by atoms with E-state index in [2.05, 4.69) is 41.4 Å². The number of nitrogens with zero attached hydrogens (tertiary/aromatic N) is 2. The van der Waals surface area contributed by atoms with Crippen molar-refractivity contribution in [3.05, 3.63) is 67.0 Å². The Labute approximate surface area is 159 Å². The summed E-state index contributed by atoms with van der Waals surface area (Å²) >= 11 is 3.51. The van der Waals surface area contributed by atoms with Gasteiger partial charge in [0.25, 0.3) is 0 Å². The van der Waals surface area contributed by atoms with Crippen molar-refractivity contribution in [3.8, 4) is 38.0 Å². The van der Waals surface area contributed by atoms with Crippen molar-refractivity contribution in [2.24, 2.45) is 0 Å². The highest BCUT2D eigenvalue weighted by Gasteiger charge is 2.24. The van der Waals surface area contributed by atoms with Crippen molar-refractivity contribution < 1.29 is 4.74 Å². The molecule has 0 amide bonds. The van der Waals surface area contributed by atoms with Gasteiger partial charge < -0.3 is 4.74 Å². The van der Waals surface area contributed by atoms with Gasteiger partial charge in [-0.3, -0.25) is 4.98 Å². The first-order valence-corrected chi connectivity index (χ1v) is 9.83. The zero-order valence-electron chi connectivity index (χ0n) is 14.0. The van der Waals surface area contributed by atoms with Crippen molar-refractivity contribution in [1.29, 1.82) is 0 Å². The number of thiazole rings is 1. The monoisotopic (exact) mass is 374 g/mol. The van der Waals surface area contributed by atoms with Crippen molar-refractivity contribution in [1.82, 2.24) is 9.97 Å². The maximum absolute atomic E-state index is 5.46.